The van der Waals surface area contributed by atoms with Crippen molar-refractivity contribution in [2.75, 3.05) is 19.0 Å². The predicted octanol–water partition coefficient (Wildman–Crippen LogP) is 2.44. The van der Waals surface area contributed by atoms with Crippen LogP contribution in [0.15, 0.2) is 18.2 Å². The number of ether oxygens (including phenoxy) is 2. The highest BCUT2D eigenvalue weighted by Crippen LogP contribution is 2.31. The maximum atomic E-state index is 5.60. The van der Waals surface area contributed by atoms with Crippen LogP contribution in [0.1, 0.15) is 18.9 Å². The van der Waals surface area contributed by atoms with Gasteiger partial charge in [0.05, 0.1) is 0 Å². The number of thioether (sulfide) groups is 1. The molecule has 98 valence electrons. The van der Waals surface area contributed by atoms with E-state index in [-0.39, 0.29) is 0 Å². The molecule has 1 aromatic carbocycles. The predicted molar refractivity (Wildman–Crippen MR) is 74.6 cm³/mol. The van der Waals surface area contributed by atoms with Crippen molar-refractivity contribution in [3.8, 4) is 11.5 Å². The Morgan fingerprint density at radius 1 is 1.28 bits per heavy atom. The number of nitrogens with one attached hydrogen (secondary N) is 1. The third kappa shape index (κ3) is 2.59. The van der Waals surface area contributed by atoms with Gasteiger partial charge >= 0.3 is 0 Å². The van der Waals surface area contributed by atoms with Crippen molar-refractivity contribution in [2.45, 2.75) is 31.2 Å². The molecule has 0 amide bonds. The summed E-state index contributed by atoms with van der Waals surface area (Å²) in [5, 5.41) is 4.36. The molecule has 1 saturated heterocycles. The molecule has 0 radical (unpaired) electrons. The molecule has 4 heteroatoms. The Bertz CT molecular complexity index is 424. The molecule has 2 heterocycles. The van der Waals surface area contributed by atoms with Gasteiger partial charge in [0.25, 0.3) is 0 Å². The Kier molecular flexibility index (Phi) is 3.66. The van der Waals surface area contributed by atoms with Gasteiger partial charge in [0.2, 0.25) is 0 Å². The molecule has 3 nitrogen and oxygen atoms in total. The van der Waals surface area contributed by atoms with Gasteiger partial charge in [-0.05, 0) is 29.9 Å². The highest BCUT2D eigenvalue weighted by molar-refractivity contribution is 8.00. The molecular weight excluding hydrogens is 246 g/mol. The van der Waals surface area contributed by atoms with E-state index < -0.39 is 0 Å². The quantitative estimate of drug-likeness (QED) is 0.909. The summed E-state index contributed by atoms with van der Waals surface area (Å²) in [5.41, 5.74) is 1.27. The van der Waals surface area contributed by atoms with Crippen molar-refractivity contribution in [2.24, 2.45) is 0 Å². The zero-order chi connectivity index (χ0) is 12.4. The van der Waals surface area contributed by atoms with Gasteiger partial charge in [-0.1, -0.05) is 13.0 Å². The summed E-state index contributed by atoms with van der Waals surface area (Å²) in [7, 11) is 0. The smallest absolute Gasteiger partial charge is 0.161 e. The van der Waals surface area contributed by atoms with Gasteiger partial charge in [-0.3, -0.25) is 0 Å². The van der Waals surface area contributed by atoms with Crippen LogP contribution in [0.5, 0.6) is 11.5 Å². The molecule has 2 unspecified atom stereocenters. The molecule has 1 aromatic rings. The monoisotopic (exact) mass is 265 g/mol. The number of hydrogen-bond acceptors (Lipinski definition) is 4. The maximum Gasteiger partial charge on any atom is 0.161 e. The summed E-state index contributed by atoms with van der Waals surface area (Å²) < 4.78 is 11.1. The van der Waals surface area contributed by atoms with Gasteiger partial charge in [-0.15, -0.1) is 0 Å². The molecule has 0 aromatic heterocycles. The van der Waals surface area contributed by atoms with Crippen LogP contribution in [0.3, 0.4) is 0 Å². The van der Waals surface area contributed by atoms with Crippen molar-refractivity contribution in [1.82, 2.24) is 5.32 Å². The van der Waals surface area contributed by atoms with E-state index in [1.165, 1.54) is 17.7 Å². The van der Waals surface area contributed by atoms with Gasteiger partial charge in [-0.25, -0.2) is 0 Å². The number of hydrogen-bond donors (Lipinski definition) is 1. The normalized spacial score (nSPS) is 26.3. The summed E-state index contributed by atoms with van der Waals surface area (Å²) in [6, 6.07) is 6.86. The topological polar surface area (TPSA) is 30.5 Å². The van der Waals surface area contributed by atoms with Gasteiger partial charge in [-0.2, -0.15) is 11.8 Å². The first-order valence-electron chi connectivity index (χ1n) is 6.56. The molecule has 1 N–H and O–H groups in total. The second kappa shape index (κ2) is 5.41. The molecule has 2 atom stereocenters. The van der Waals surface area contributed by atoms with E-state index in [9.17, 15) is 0 Å². The zero-order valence-electron chi connectivity index (χ0n) is 10.6. The van der Waals surface area contributed by atoms with Crippen LogP contribution < -0.4 is 14.8 Å². The molecule has 2 aliphatic heterocycles. The van der Waals surface area contributed by atoms with Crippen LogP contribution in [0.4, 0.5) is 0 Å². The lowest BCUT2D eigenvalue weighted by molar-refractivity contribution is 0.171. The van der Waals surface area contributed by atoms with Crippen molar-refractivity contribution < 1.29 is 9.47 Å². The molecule has 0 aliphatic carbocycles. The number of rotatable bonds is 3. The molecule has 0 saturated carbocycles. The summed E-state index contributed by atoms with van der Waals surface area (Å²) >= 11 is 2.06. The highest BCUT2D eigenvalue weighted by Gasteiger charge is 2.23. The van der Waals surface area contributed by atoms with Crippen molar-refractivity contribution in [3.63, 3.8) is 0 Å². The Morgan fingerprint density at radius 3 is 2.89 bits per heavy atom. The molecular formula is C14H19NO2S. The minimum absolute atomic E-state index is 0.642. The number of fused-ring (bicyclic) bond motifs is 1. The fourth-order valence-electron chi connectivity index (χ4n) is 2.45. The fourth-order valence-corrected chi connectivity index (χ4v) is 3.67. The Balaban J connectivity index is 1.62. The minimum Gasteiger partial charge on any atom is -0.486 e. The van der Waals surface area contributed by atoms with E-state index in [1.54, 1.807) is 0 Å². The zero-order valence-corrected chi connectivity index (χ0v) is 11.5. The Hall–Kier alpha value is -0.870. The molecule has 0 bridgehead atoms. The second-order valence-corrected chi connectivity index (χ2v) is 6.32. The fraction of sp³-hybridized carbons (Fsp3) is 0.571. The van der Waals surface area contributed by atoms with Crippen molar-refractivity contribution in [1.29, 1.82) is 0 Å². The first-order valence-corrected chi connectivity index (χ1v) is 7.61. The summed E-state index contributed by atoms with van der Waals surface area (Å²) in [5.74, 6) is 3.03. The average Bonchev–Trinajstić information content (AvgIpc) is 2.82. The van der Waals surface area contributed by atoms with Crippen molar-refractivity contribution in [3.05, 3.63) is 23.8 Å². The Labute approximate surface area is 112 Å². The van der Waals surface area contributed by atoms with Gasteiger partial charge in [0.1, 0.15) is 13.2 Å². The van der Waals surface area contributed by atoms with Crippen LogP contribution in [0.25, 0.3) is 0 Å². The maximum absolute atomic E-state index is 5.60. The minimum atomic E-state index is 0.642. The summed E-state index contributed by atoms with van der Waals surface area (Å²) in [6.45, 7) is 4.52. The number of benzene rings is 1. The van der Waals surface area contributed by atoms with E-state index in [0.717, 1.165) is 23.3 Å². The second-order valence-electron chi connectivity index (χ2n) is 4.83. The molecule has 1 fully saturated rings. The summed E-state index contributed by atoms with van der Waals surface area (Å²) in [6.07, 6.45) is 1.27. The lowest BCUT2D eigenvalue weighted by atomic mass is 10.1. The lowest BCUT2D eigenvalue weighted by Crippen LogP contribution is -2.32. The molecule has 18 heavy (non-hydrogen) atoms. The van der Waals surface area contributed by atoms with E-state index >= 15 is 0 Å². The van der Waals surface area contributed by atoms with Crippen molar-refractivity contribution >= 4 is 11.8 Å². The lowest BCUT2D eigenvalue weighted by Gasteiger charge is -2.20. The van der Waals surface area contributed by atoms with Gasteiger partial charge in [0.15, 0.2) is 11.5 Å². The highest BCUT2D eigenvalue weighted by atomic mass is 32.2. The SMILES string of the molecule is CC1SCCC1NCc1ccc2c(c1)OCCO2. The first-order chi connectivity index (χ1) is 8.83. The van der Waals surface area contributed by atoms with Crippen LogP contribution in [0, 0.1) is 0 Å². The third-order valence-electron chi connectivity index (χ3n) is 3.55. The molecule has 3 rings (SSSR count). The first kappa shape index (κ1) is 12.2. The van der Waals surface area contributed by atoms with Crippen LogP contribution in [0.2, 0.25) is 0 Å². The Morgan fingerprint density at radius 2 is 2.11 bits per heavy atom. The van der Waals surface area contributed by atoms with E-state index in [0.29, 0.717) is 19.3 Å². The average molecular weight is 265 g/mol. The third-order valence-corrected chi connectivity index (χ3v) is 4.88. The van der Waals surface area contributed by atoms with Crippen LogP contribution in [-0.4, -0.2) is 30.3 Å². The van der Waals surface area contributed by atoms with E-state index in [2.05, 4.69) is 36.1 Å². The van der Waals surface area contributed by atoms with Gasteiger partial charge in [0, 0.05) is 17.8 Å². The van der Waals surface area contributed by atoms with E-state index in [1.807, 2.05) is 6.07 Å². The van der Waals surface area contributed by atoms with Crippen LogP contribution >= 0.6 is 11.8 Å². The van der Waals surface area contributed by atoms with Crippen LogP contribution in [-0.2, 0) is 6.54 Å². The van der Waals surface area contributed by atoms with E-state index in [4.69, 9.17) is 9.47 Å². The largest absolute Gasteiger partial charge is 0.486 e. The standard InChI is InChI=1S/C14H19NO2S/c1-10-12(4-7-18-10)15-9-11-2-3-13-14(8-11)17-6-5-16-13/h2-3,8,10,12,15H,4-7,9H2,1H3. The van der Waals surface area contributed by atoms with Gasteiger partial charge < -0.3 is 14.8 Å². The summed E-state index contributed by atoms with van der Waals surface area (Å²) in [4.78, 5) is 0. The molecule has 2 aliphatic rings. The molecule has 0 spiro atoms.